The summed E-state index contributed by atoms with van der Waals surface area (Å²) in [7, 11) is 0. The lowest BCUT2D eigenvalue weighted by molar-refractivity contribution is 0.726. The minimum atomic E-state index is -0.406. The summed E-state index contributed by atoms with van der Waals surface area (Å²) in [5, 5.41) is 9.87. The zero-order chi connectivity index (χ0) is 16.2. The molecule has 0 saturated carbocycles. The van der Waals surface area contributed by atoms with Gasteiger partial charge in [0.15, 0.2) is 0 Å². The van der Waals surface area contributed by atoms with Crippen LogP contribution >= 0.6 is 11.6 Å². The van der Waals surface area contributed by atoms with Gasteiger partial charge in [-0.05, 0) is 25.0 Å². The number of anilines is 1. The van der Waals surface area contributed by atoms with Crippen LogP contribution in [0.2, 0.25) is 5.02 Å². The van der Waals surface area contributed by atoms with E-state index in [1.165, 1.54) is 12.8 Å². The average Bonchev–Trinajstić information content (AvgIpc) is 2.83. The molecule has 1 N–H and O–H groups in total. The van der Waals surface area contributed by atoms with Gasteiger partial charge in [-0.2, -0.15) is 5.26 Å². The van der Waals surface area contributed by atoms with Gasteiger partial charge in [-0.1, -0.05) is 36.6 Å². The first-order valence-electron chi connectivity index (χ1n) is 7.74. The lowest BCUT2D eigenvalue weighted by Crippen LogP contribution is -2.29. The molecule has 0 spiro atoms. The van der Waals surface area contributed by atoms with E-state index in [-0.39, 0.29) is 5.56 Å². The highest BCUT2D eigenvalue weighted by Gasteiger charge is 2.18. The lowest BCUT2D eigenvalue weighted by atomic mass is 10.1. The summed E-state index contributed by atoms with van der Waals surface area (Å²) in [4.78, 5) is 21.7. The molecule has 1 saturated heterocycles. The summed E-state index contributed by atoms with van der Waals surface area (Å²) in [6.07, 6.45) is 4.54. The molecular formula is C17H17ClN4O. The van der Waals surface area contributed by atoms with E-state index in [2.05, 4.69) is 14.9 Å². The first-order chi connectivity index (χ1) is 11.2. The number of benzene rings is 1. The Balaban J connectivity index is 2.10. The van der Waals surface area contributed by atoms with Gasteiger partial charge in [0, 0.05) is 23.7 Å². The van der Waals surface area contributed by atoms with Crippen LogP contribution in [0.25, 0.3) is 11.3 Å². The average molecular weight is 329 g/mol. The Morgan fingerprint density at radius 2 is 1.96 bits per heavy atom. The third-order valence-corrected chi connectivity index (χ3v) is 4.26. The summed E-state index contributed by atoms with van der Waals surface area (Å²) >= 11 is 6.03. The molecule has 3 rings (SSSR count). The fourth-order valence-corrected chi connectivity index (χ4v) is 3.03. The van der Waals surface area contributed by atoms with E-state index in [0.717, 1.165) is 25.9 Å². The fraction of sp³-hybridized carbons (Fsp3) is 0.353. The van der Waals surface area contributed by atoms with E-state index < -0.39 is 5.56 Å². The predicted molar refractivity (Wildman–Crippen MR) is 90.7 cm³/mol. The molecule has 5 nitrogen and oxygen atoms in total. The van der Waals surface area contributed by atoms with E-state index in [9.17, 15) is 10.1 Å². The smallest absolute Gasteiger partial charge is 0.270 e. The molecule has 0 aliphatic carbocycles. The molecule has 1 aromatic carbocycles. The molecule has 2 heterocycles. The van der Waals surface area contributed by atoms with E-state index in [4.69, 9.17) is 11.6 Å². The van der Waals surface area contributed by atoms with Crippen LogP contribution in [-0.2, 0) is 0 Å². The summed E-state index contributed by atoms with van der Waals surface area (Å²) in [6, 6.07) is 9.02. The van der Waals surface area contributed by atoms with Crippen LogP contribution in [0.3, 0.4) is 0 Å². The van der Waals surface area contributed by atoms with Crippen LogP contribution in [-0.4, -0.2) is 23.1 Å². The van der Waals surface area contributed by atoms with Crippen molar-refractivity contribution >= 4 is 17.5 Å². The lowest BCUT2D eigenvalue weighted by Gasteiger charge is -2.21. The monoisotopic (exact) mass is 328 g/mol. The Hall–Kier alpha value is -2.32. The van der Waals surface area contributed by atoms with Crippen molar-refractivity contribution in [3.05, 3.63) is 45.2 Å². The maximum absolute atomic E-state index is 12.3. The molecule has 1 aromatic heterocycles. The van der Waals surface area contributed by atoms with E-state index in [1.54, 1.807) is 24.3 Å². The second-order valence-corrected chi connectivity index (χ2v) is 6.07. The van der Waals surface area contributed by atoms with Gasteiger partial charge in [-0.25, -0.2) is 4.98 Å². The second-order valence-electron chi connectivity index (χ2n) is 5.64. The van der Waals surface area contributed by atoms with Gasteiger partial charge in [-0.3, -0.25) is 9.78 Å². The number of hydrogen-bond acceptors (Lipinski definition) is 4. The van der Waals surface area contributed by atoms with E-state index >= 15 is 0 Å². The van der Waals surface area contributed by atoms with Crippen molar-refractivity contribution in [2.45, 2.75) is 25.7 Å². The first-order valence-corrected chi connectivity index (χ1v) is 8.12. The summed E-state index contributed by atoms with van der Waals surface area (Å²) in [5.41, 5.74) is 0.678. The molecule has 0 atom stereocenters. The minimum Gasteiger partial charge on any atom is -0.342 e. The predicted octanol–water partition coefficient (Wildman–Crippen LogP) is 3.34. The molecule has 0 radical (unpaired) electrons. The van der Waals surface area contributed by atoms with E-state index in [1.807, 2.05) is 6.07 Å². The molecule has 1 aliphatic heterocycles. The topological polar surface area (TPSA) is 72.8 Å². The number of nitrogens with one attached hydrogen (secondary N) is 1. The zero-order valence-corrected chi connectivity index (χ0v) is 13.4. The first kappa shape index (κ1) is 15.6. The Morgan fingerprint density at radius 1 is 1.22 bits per heavy atom. The van der Waals surface area contributed by atoms with Gasteiger partial charge in [0.1, 0.15) is 11.6 Å². The summed E-state index contributed by atoms with van der Waals surface area (Å²) in [6.45, 7) is 1.73. The van der Waals surface area contributed by atoms with Gasteiger partial charge in [0.2, 0.25) is 5.95 Å². The molecule has 0 unspecified atom stereocenters. The molecule has 2 aromatic rings. The maximum atomic E-state index is 12.3. The number of rotatable bonds is 2. The highest BCUT2D eigenvalue weighted by molar-refractivity contribution is 6.30. The summed E-state index contributed by atoms with van der Waals surface area (Å²) in [5.74, 6) is 0.533. The van der Waals surface area contributed by atoms with Crippen molar-refractivity contribution in [3.63, 3.8) is 0 Å². The van der Waals surface area contributed by atoms with Crippen molar-refractivity contribution in [2.24, 2.45) is 0 Å². The van der Waals surface area contributed by atoms with Crippen LogP contribution in [0, 0.1) is 11.3 Å². The molecule has 23 heavy (non-hydrogen) atoms. The number of aromatic nitrogens is 2. The van der Waals surface area contributed by atoms with Crippen LogP contribution in [0.1, 0.15) is 31.2 Å². The largest absolute Gasteiger partial charge is 0.342 e. The standard InChI is InChI=1S/C17H17ClN4O/c18-13-7-5-6-12(10-13)15-14(11-19)16(23)21-17(20-15)22-8-3-1-2-4-9-22/h5-7,10H,1-4,8-9H2,(H,20,21,23). The number of H-pyrrole nitrogens is 1. The van der Waals surface area contributed by atoms with Crippen LogP contribution in [0.4, 0.5) is 5.95 Å². The molecule has 1 fully saturated rings. The number of halogens is 1. The maximum Gasteiger partial charge on any atom is 0.270 e. The third-order valence-electron chi connectivity index (χ3n) is 4.02. The van der Waals surface area contributed by atoms with Crippen LogP contribution in [0.5, 0.6) is 0 Å². The van der Waals surface area contributed by atoms with Crippen LogP contribution < -0.4 is 10.5 Å². The molecule has 1 aliphatic rings. The molecule has 6 heteroatoms. The number of aromatic amines is 1. The highest BCUT2D eigenvalue weighted by Crippen LogP contribution is 2.24. The normalized spacial score (nSPS) is 15.0. The third kappa shape index (κ3) is 3.38. The van der Waals surface area contributed by atoms with Crippen LogP contribution in [0.15, 0.2) is 29.1 Å². The van der Waals surface area contributed by atoms with Crippen molar-refractivity contribution in [2.75, 3.05) is 18.0 Å². The van der Waals surface area contributed by atoms with Crippen molar-refractivity contribution in [3.8, 4) is 17.3 Å². The molecule has 118 valence electrons. The van der Waals surface area contributed by atoms with E-state index in [0.29, 0.717) is 22.2 Å². The van der Waals surface area contributed by atoms with Gasteiger partial charge < -0.3 is 4.90 Å². The van der Waals surface area contributed by atoms with Crippen molar-refractivity contribution in [1.82, 2.24) is 9.97 Å². The van der Waals surface area contributed by atoms with Gasteiger partial charge in [0.05, 0.1) is 5.69 Å². The number of nitriles is 1. The molecule has 0 amide bonds. The Bertz CT molecular complexity index is 801. The molecular weight excluding hydrogens is 312 g/mol. The Kier molecular flexibility index (Phi) is 4.63. The minimum absolute atomic E-state index is 0.0193. The quantitative estimate of drug-likeness (QED) is 0.917. The number of hydrogen-bond donors (Lipinski definition) is 1. The Morgan fingerprint density at radius 3 is 2.61 bits per heavy atom. The van der Waals surface area contributed by atoms with Gasteiger partial charge in [0.25, 0.3) is 5.56 Å². The zero-order valence-electron chi connectivity index (χ0n) is 12.7. The second kappa shape index (κ2) is 6.84. The fourth-order valence-electron chi connectivity index (χ4n) is 2.84. The SMILES string of the molecule is N#Cc1c(-c2cccc(Cl)c2)nc(N2CCCCCC2)[nH]c1=O. The van der Waals surface area contributed by atoms with Crippen molar-refractivity contribution in [1.29, 1.82) is 5.26 Å². The van der Waals surface area contributed by atoms with Gasteiger partial charge >= 0.3 is 0 Å². The summed E-state index contributed by atoms with van der Waals surface area (Å²) < 4.78 is 0. The number of nitrogens with zero attached hydrogens (tertiary/aromatic N) is 3. The Labute approximate surface area is 139 Å². The highest BCUT2D eigenvalue weighted by atomic mass is 35.5. The molecule has 0 bridgehead atoms. The van der Waals surface area contributed by atoms with Crippen molar-refractivity contribution < 1.29 is 0 Å². The van der Waals surface area contributed by atoms with Gasteiger partial charge in [-0.15, -0.1) is 0 Å².